The molecular weight excluding hydrogens is 180 g/mol. The number of aliphatic hydroxyl groups is 3. The van der Waals surface area contributed by atoms with Crippen LogP contribution in [-0.4, -0.2) is 59.4 Å². The lowest BCUT2D eigenvalue weighted by atomic mass is 9.99. The van der Waals surface area contributed by atoms with Gasteiger partial charge in [-0.05, 0) is 0 Å². The number of aliphatic hydroxyl groups excluding tert-OH is 3. The van der Waals surface area contributed by atoms with Crippen LogP contribution in [0.1, 0.15) is 0 Å². The summed E-state index contributed by atoms with van der Waals surface area (Å²) in [6, 6.07) is 0. The number of rotatable bonds is 0. The normalized spacial score (nSPS) is 51.5. The molecule has 0 bridgehead atoms. The number of fused-ring (bicyclic) bond motifs is 1. The molecule has 0 spiro atoms. The zero-order valence-corrected chi connectivity index (χ0v) is 6.87. The minimum Gasteiger partial charge on any atom is -0.387 e. The Morgan fingerprint density at radius 3 is 2.62 bits per heavy atom. The van der Waals surface area contributed by atoms with E-state index in [1.54, 1.807) is 0 Å². The summed E-state index contributed by atoms with van der Waals surface area (Å²) in [5.41, 5.74) is 0. The fourth-order valence-electron chi connectivity index (χ4n) is 1.55. The van der Waals surface area contributed by atoms with Crippen LogP contribution in [0.25, 0.3) is 0 Å². The van der Waals surface area contributed by atoms with Crippen molar-refractivity contribution < 1.29 is 29.5 Å². The van der Waals surface area contributed by atoms with Gasteiger partial charge in [-0.1, -0.05) is 0 Å². The second kappa shape index (κ2) is 3.49. The molecule has 3 N–H and O–H groups in total. The van der Waals surface area contributed by atoms with Crippen molar-refractivity contribution >= 4 is 0 Å². The van der Waals surface area contributed by atoms with Crippen molar-refractivity contribution in [1.29, 1.82) is 0 Å². The molecule has 0 aromatic carbocycles. The van der Waals surface area contributed by atoms with Gasteiger partial charge in [-0.25, -0.2) is 0 Å². The highest BCUT2D eigenvalue weighted by molar-refractivity contribution is 4.90. The smallest absolute Gasteiger partial charge is 0.184 e. The standard InChI is InChI=1S/C7H12O6/c8-4-5(9)7(10)13-3-1-11-2-12-6(3)4/h3-10H,1-2H2/t3?,4-,5?,6+,7+/m0/s1. The summed E-state index contributed by atoms with van der Waals surface area (Å²) < 4.78 is 14.9. The van der Waals surface area contributed by atoms with Gasteiger partial charge >= 0.3 is 0 Å². The fourth-order valence-corrected chi connectivity index (χ4v) is 1.55. The van der Waals surface area contributed by atoms with E-state index in [1.807, 2.05) is 0 Å². The molecule has 0 radical (unpaired) electrons. The average Bonchev–Trinajstić information content (AvgIpc) is 2.15. The van der Waals surface area contributed by atoms with Crippen LogP contribution in [0.4, 0.5) is 0 Å². The van der Waals surface area contributed by atoms with Gasteiger partial charge in [0.15, 0.2) is 6.29 Å². The van der Waals surface area contributed by atoms with Gasteiger partial charge in [0.25, 0.3) is 0 Å². The van der Waals surface area contributed by atoms with Crippen LogP contribution >= 0.6 is 0 Å². The zero-order chi connectivity index (χ0) is 9.42. The molecule has 2 aliphatic heterocycles. The third-order valence-corrected chi connectivity index (χ3v) is 2.29. The quantitative estimate of drug-likeness (QED) is 0.403. The van der Waals surface area contributed by atoms with E-state index in [4.69, 9.17) is 19.3 Å². The van der Waals surface area contributed by atoms with Crippen molar-refractivity contribution in [2.75, 3.05) is 13.4 Å². The van der Waals surface area contributed by atoms with Crippen molar-refractivity contribution in [3.05, 3.63) is 0 Å². The molecule has 2 fully saturated rings. The summed E-state index contributed by atoms with van der Waals surface area (Å²) in [5, 5.41) is 27.9. The lowest BCUT2D eigenvalue weighted by Gasteiger charge is -2.42. The molecule has 2 unspecified atom stereocenters. The average molecular weight is 192 g/mol. The number of hydrogen-bond donors (Lipinski definition) is 3. The van der Waals surface area contributed by atoms with E-state index >= 15 is 0 Å². The highest BCUT2D eigenvalue weighted by Crippen LogP contribution is 2.24. The maximum Gasteiger partial charge on any atom is 0.184 e. The predicted molar refractivity (Wildman–Crippen MR) is 38.6 cm³/mol. The molecule has 2 saturated heterocycles. The van der Waals surface area contributed by atoms with Crippen LogP contribution in [0, 0.1) is 0 Å². The van der Waals surface area contributed by atoms with Crippen LogP contribution < -0.4 is 0 Å². The van der Waals surface area contributed by atoms with E-state index < -0.39 is 30.7 Å². The maximum absolute atomic E-state index is 9.47. The largest absolute Gasteiger partial charge is 0.387 e. The second-order valence-corrected chi connectivity index (χ2v) is 3.17. The van der Waals surface area contributed by atoms with Crippen molar-refractivity contribution in [3.8, 4) is 0 Å². The van der Waals surface area contributed by atoms with E-state index in [0.717, 1.165) is 0 Å². The van der Waals surface area contributed by atoms with Gasteiger partial charge in [-0.2, -0.15) is 0 Å². The van der Waals surface area contributed by atoms with Gasteiger partial charge in [0.1, 0.15) is 31.2 Å². The number of hydrogen-bond acceptors (Lipinski definition) is 6. The van der Waals surface area contributed by atoms with Gasteiger partial charge in [-0.15, -0.1) is 0 Å². The Balaban J connectivity index is 2.08. The first-order valence-electron chi connectivity index (χ1n) is 4.09. The fraction of sp³-hybridized carbons (Fsp3) is 1.00. The zero-order valence-electron chi connectivity index (χ0n) is 6.87. The molecule has 2 aliphatic rings. The summed E-state index contributed by atoms with van der Waals surface area (Å²) in [6.45, 7) is 0.329. The third kappa shape index (κ3) is 1.56. The molecule has 2 heterocycles. The van der Waals surface area contributed by atoms with Crippen LogP contribution in [-0.2, 0) is 14.2 Å². The van der Waals surface area contributed by atoms with Gasteiger partial charge in [0.05, 0.1) is 6.61 Å². The first-order valence-corrected chi connectivity index (χ1v) is 4.09. The summed E-state index contributed by atoms with van der Waals surface area (Å²) in [7, 11) is 0. The molecule has 2 rings (SSSR count). The van der Waals surface area contributed by atoms with E-state index in [2.05, 4.69) is 0 Å². The minimum atomic E-state index is -1.37. The lowest BCUT2D eigenvalue weighted by molar-refractivity contribution is -0.329. The molecule has 0 amide bonds. The van der Waals surface area contributed by atoms with E-state index in [-0.39, 0.29) is 13.4 Å². The first kappa shape index (κ1) is 9.32. The van der Waals surface area contributed by atoms with Gasteiger partial charge in [0.2, 0.25) is 0 Å². The SMILES string of the molecule is OC1[C@H](O)OC2COCO[C@H]2[C@H]1O. The van der Waals surface area contributed by atoms with Crippen LogP contribution in [0.3, 0.4) is 0 Å². The Kier molecular flexibility index (Phi) is 2.50. The van der Waals surface area contributed by atoms with Crippen molar-refractivity contribution in [2.45, 2.75) is 30.7 Å². The minimum absolute atomic E-state index is 0.0738. The van der Waals surface area contributed by atoms with Gasteiger partial charge in [0, 0.05) is 0 Å². The Hall–Kier alpha value is -0.240. The van der Waals surface area contributed by atoms with Crippen LogP contribution in [0.5, 0.6) is 0 Å². The van der Waals surface area contributed by atoms with Crippen LogP contribution in [0.15, 0.2) is 0 Å². The highest BCUT2D eigenvalue weighted by atomic mass is 16.7. The molecule has 13 heavy (non-hydrogen) atoms. The van der Waals surface area contributed by atoms with Crippen molar-refractivity contribution in [2.24, 2.45) is 0 Å². The molecule has 6 heteroatoms. The molecular formula is C7H12O6. The molecule has 0 aromatic rings. The van der Waals surface area contributed by atoms with Gasteiger partial charge < -0.3 is 29.5 Å². The van der Waals surface area contributed by atoms with Crippen molar-refractivity contribution in [3.63, 3.8) is 0 Å². The first-order chi connectivity index (χ1) is 6.20. The maximum atomic E-state index is 9.47. The predicted octanol–water partition coefficient (Wildman–Crippen LogP) is -2.20. The summed E-state index contributed by atoms with van der Waals surface area (Å²) >= 11 is 0. The Morgan fingerprint density at radius 2 is 1.85 bits per heavy atom. The van der Waals surface area contributed by atoms with E-state index in [9.17, 15) is 10.2 Å². The summed E-state index contributed by atoms with van der Waals surface area (Å²) in [4.78, 5) is 0. The number of ether oxygens (including phenoxy) is 3. The van der Waals surface area contributed by atoms with Crippen molar-refractivity contribution in [1.82, 2.24) is 0 Å². The summed E-state index contributed by atoms with van der Waals surface area (Å²) in [5.74, 6) is 0. The molecule has 5 atom stereocenters. The van der Waals surface area contributed by atoms with E-state index in [1.165, 1.54) is 0 Å². The monoisotopic (exact) mass is 192 g/mol. The Bertz CT molecular complexity index is 184. The highest BCUT2D eigenvalue weighted by Gasteiger charge is 2.46. The van der Waals surface area contributed by atoms with Crippen LogP contribution in [0.2, 0.25) is 0 Å². The van der Waals surface area contributed by atoms with Gasteiger partial charge in [-0.3, -0.25) is 0 Å². The summed E-state index contributed by atoms with van der Waals surface area (Å²) in [6.07, 6.45) is -4.95. The Labute approximate surface area is 74.6 Å². The molecule has 0 aromatic heterocycles. The third-order valence-electron chi connectivity index (χ3n) is 2.29. The second-order valence-electron chi connectivity index (χ2n) is 3.17. The molecule has 0 aliphatic carbocycles. The van der Waals surface area contributed by atoms with E-state index in [0.29, 0.717) is 0 Å². The molecule has 76 valence electrons. The Morgan fingerprint density at radius 1 is 1.08 bits per heavy atom. The topological polar surface area (TPSA) is 88.4 Å². The lowest BCUT2D eigenvalue weighted by Crippen LogP contribution is -2.61. The molecule has 6 nitrogen and oxygen atoms in total. The molecule has 0 saturated carbocycles.